The molecule has 4 amide bonds. The summed E-state index contributed by atoms with van der Waals surface area (Å²) in [5.41, 5.74) is 5.91. The van der Waals surface area contributed by atoms with E-state index in [1.54, 1.807) is 147 Å². The van der Waals surface area contributed by atoms with Crippen LogP contribution in [0.25, 0.3) is 0 Å². The molecule has 0 aliphatic heterocycles. The first-order valence-corrected chi connectivity index (χ1v) is 30.1. The van der Waals surface area contributed by atoms with Crippen molar-refractivity contribution in [2.75, 3.05) is 0 Å². The van der Waals surface area contributed by atoms with Crippen molar-refractivity contribution in [1.82, 2.24) is 102 Å². The number of aliphatic imine (C=N–C) groups is 4. The van der Waals surface area contributed by atoms with Crippen LogP contribution in [-0.4, -0.2) is 151 Å². The van der Waals surface area contributed by atoms with Gasteiger partial charge in [0.1, 0.15) is 22.8 Å². The molecule has 0 saturated heterocycles. The Bertz CT molecular complexity index is 4080. The Labute approximate surface area is 679 Å². The van der Waals surface area contributed by atoms with E-state index in [9.17, 15) is 39.6 Å². The molecule has 40 nitrogen and oxygen atoms in total. The maximum atomic E-state index is 12.0. The molecule has 4 radical (unpaired) electrons. The number of rotatable bonds is 24. The van der Waals surface area contributed by atoms with E-state index >= 15 is 0 Å². The SMILES string of the molecule is O.O.O.O.O.O.O.O.O=C(NCc1ccccn1)c1cc(C([O-])=NCc2ccccn2)[n-]n1.O=C(NCc1ccccn1)c1cc(C([O-])=NCc2ccccn2)[n-]n1.O=C(NCc1ccccn1)c1cc(C([O-])=NCc2ccccn2)[n-]n1.O=C(NCc1ccccn1)c1cc(C([O-])=NCc2ccccn2)[n-]n1.[Cu+2].[Cu+2].[Cu+2].[Cu+2]. The summed E-state index contributed by atoms with van der Waals surface area (Å²) >= 11 is 0. The van der Waals surface area contributed by atoms with Gasteiger partial charge in [-0.15, -0.1) is 22.8 Å². The largest absolute Gasteiger partial charge is 2.00 e. The molecule has 0 aliphatic carbocycles. The Morgan fingerprint density at radius 2 is 0.429 bits per heavy atom. The Morgan fingerprint density at radius 1 is 0.268 bits per heavy atom. The summed E-state index contributed by atoms with van der Waals surface area (Å²) in [6.45, 7) is 1.64. The van der Waals surface area contributed by atoms with Gasteiger partial charge in [0.25, 0.3) is 23.6 Å². The van der Waals surface area contributed by atoms with Gasteiger partial charge >= 0.3 is 68.3 Å². The molecule has 0 aromatic carbocycles. The molecule has 12 aromatic rings. The van der Waals surface area contributed by atoms with Crippen molar-refractivity contribution in [3.63, 3.8) is 0 Å². The zero-order valence-electron chi connectivity index (χ0n) is 57.9. The van der Waals surface area contributed by atoms with Gasteiger partial charge in [0.2, 0.25) is 0 Å². The Morgan fingerprint density at radius 3 is 0.580 bits per heavy atom. The number of amides is 4. The molecule has 0 spiro atoms. The van der Waals surface area contributed by atoms with Crippen molar-refractivity contribution >= 4 is 47.2 Å². The summed E-state index contributed by atoms with van der Waals surface area (Å²) < 4.78 is 0. The first kappa shape index (κ1) is 106. The number of pyridine rings is 8. The number of carbonyl (C=O) groups is 4. The molecule has 604 valence electrons. The van der Waals surface area contributed by atoms with Gasteiger partial charge in [0, 0.05) is 49.6 Å². The van der Waals surface area contributed by atoms with E-state index in [1.807, 2.05) is 48.5 Å². The Balaban J connectivity index is -0.000000670. The summed E-state index contributed by atoms with van der Waals surface area (Å²) in [6.07, 6.45) is 13.1. The molecular formula is C68H72Cu4N24O16. The maximum absolute atomic E-state index is 12.0. The first-order valence-electron chi connectivity index (χ1n) is 30.1. The van der Waals surface area contributed by atoms with Gasteiger partial charge in [0.05, 0.1) is 97.9 Å². The van der Waals surface area contributed by atoms with Crippen molar-refractivity contribution in [2.24, 2.45) is 20.0 Å². The second kappa shape index (κ2) is 57.7. The molecule has 0 bridgehead atoms. The van der Waals surface area contributed by atoms with Crippen LogP contribution in [0.3, 0.4) is 0 Å². The van der Waals surface area contributed by atoms with Crippen LogP contribution in [0.4, 0.5) is 0 Å². The number of nitrogens with one attached hydrogen (secondary N) is 4. The van der Waals surface area contributed by atoms with Gasteiger partial charge < -0.3 is 126 Å². The molecule has 0 aliphatic rings. The zero-order valence-corrected chi connectivity index (χ0v) is 61.6. The zero-order chi connectivity index (χ0) is 69.9. The van der Waals surface area contributed by atoms with Crippen LogP contribution < -0.4 is 62.1 Å². The molecular weight excluding hydrogens is 1660 g/mol. The van der Waals surface area contributed by atoms with Crippen LogP contribution in [0.2, 0.25) is 0 Å². The third-order valence-electron chi connectivity index (χ3n) is 13.0. The summed E-state index contributed by atoms with van der Waals surface area (Å²) in [5.74, 6) is -3.87. The van der Waals surface area contributed by atoms with Crippen LogP contribution in [0.15, 0.2) is 239 Å². The van der Waals surface area contributed by atoms with E-state index in [0.29, 0.717) is 22.8 Å². The standard InChI is InChI=1S/4C17H16N6O2.4Cu.8H2O/c4*24-16(20-10-12-5-1-3-7-18-12)14-9-15(23-22-14)17(25)21-11-13-6-2-4-8-19-13;;;;;;;;;;;;/h4*1-9H,10-11H2,(H3,20,21,22,23,24,25);;;;;8*1H2/q;;;;4*+2;;;;;;;;/p-8. The monoisotopic (exact) mass is 1730 g/mol. The number of carbonyl (C=O) groups excluding carboxylic acids is 4. The average Bonchev–Trinajstić information content (AvgIpc) is 1.75. The van der Waals surface area contributed by atoms with Crippen molar-refractivity contribution in [1.29, 1.82) is 0 Å². The minimum atomic E-state index is -0.540. The molecule has 0 atom stereocenters. The van der Waals surface area contributed by atoms with Crippen molar-refractivity contribution in [3.05, 3.63) is 311 Å². The van der Waals surface area contributed by atoms with E-state index < -0.39 is 47.2 Å². The third kappa shape index (κ3) is 35.7. The second-order valence-electron chi connectivity index (χ2n) is 20.2. The van der Waals surface area contributed by atoms with Gasteiger partial charge in [-0.3, -0.25) is 79.0 Å². The number of hydrogen-bond donors (Lipinski definition) is 4. The van der Waals surface area contributed by atoms with Crippen LogP contribution in [0.5, 0.6) is 0 Å². The van der Waals surface area contributed by atoms with Crippen molar-refractivity contribution in [2.45, 2.75) is 52.4 Å². The maximum Gasteiger partial charge on any atom is 2.00 e. The smallest absolute Gasteiger partial charge is 0.860 e. The summed E-state index contributed by atoms with van der Waals surface area (Å²) in [7, 11) is 0. The molecule has 0 fully saturated rings. The average molecular weight is 1740 g/mol. The van der Waals surface area contributed by atoms with E-state index in [0.717, 1.165) is 22.8 Å². The number of nitrogens with zero attached hydrogens (tertiary/aromatic N) is 20. The topological polar surface area (TPSA) is 721 Å². The minimum absolute atomic E-state index is 0. The van der Waals surface area contributed by atoms with Crippen LogP contribution in [0, 0.1) is 0 Å². The molecule has 12 rings (SSSR count). The molecule has 12 aromatic heterocycles. The normalized spacial score (nSPS) is 10.1. The fourth-order valence-electron chi connectivity index (χ4n) is 8.00. The molecule has 12 heterocycles. The first-order chi connectivity index (χ1) is 48.9. The van der Waals surface area contributed by atoms with E-state index in [1.165, 1.54) is 24.3 Å². The van der Waals surface area contributed by atoms with E-state index in [4.69, 9.17) is 0 Å². The van der Waals surface area contributed by atoms with Crippen molar-refractivity contribution < 1.29 is 152 Å². The number of aromatic nitrogens is 16. The van der Waals surface area contributed by atoms with E-state index in [-0.39, 0.29) is 210 Å². The van der Waals surface area contributed by atoms with Gasteiger partial charge in [-0.25, -0.2) is 0 Å². The summed E-state index contributed by atoms with van der Waals surface area (Å²) in [5, 5.41) is 88.4. The fraction of sp³-hybridized carbons (Fsp3) is 0.118. The van der Waals surface area contributed by atoms with Crippen LogP contribution >= 0.6 is 0 Å². The molecule has 0 saturated carbocycles. The number of hydrogen-bond acceptors (Lipinski definition) is 24. The summed E-state index contributed by atoms with van der Waals surface area (Å²) in [4.78, 5) is 96.4. The van der Waals surface area contributed by atoms with E-state index in [2.05, 4.69) is 122 Å². The molecule has 0 unspecified atom stereocenters. The predicted octanol–water partition coefficient (Wildman–Crippen LogP) is -6.34. The van der Waals surface area contributed by atoms with Gasteiger partial charge in [-0.2, -0.15) is 0 Å². The fourth-order valence-corrected chi connectivity index (χ4v) is 8.00. The summed E-state index contributed by atoms with van der Waals surface area (Å²) in [6, 6.07) is 48.4. The van der Waals surface area contributed by atoms with Gasteiger partial charge in [-0.05, 0) is 145 Å². The van der Waals surface area contributed by atoms with Crippen LogP contribution in [-0.2, 0) is 121 Å². The molecule has 44 heteroatoms. The molecule has 20 N–H and O–H groups in total. The van der Waals surface area contributed by atoms with Gasteiger partial charge in [0.15, 0.2) is 0 Å². The quantitative estimate of drug-likeness (QED) is 0.0248. The third-order valence-corrected chi connectivity index (χ3v) is 13.0. The van der Waals surface area contributed by atoms with Gasteiger partial charge in [-0.1, -0.05) is 48.5 Å². The molecule has 112 heavy (non-hydrogen) atoms. The predicted molar refractivity (Wildman–Crippen MR) is 379 cm³/mol. The van der Waals surface area contributed by atoms with Crippen molar-refractivity contribution in [3.8, 4) is 0 Å². The Kier molecular flexibility index (Phi) is 54.5. The minimum Gasteiger partial charge on any atom is -0.860 e. The van der Waals surface area contributed by atoms with Crippen LogP contribution in [0.1, 0.15) is 110 Å². The Hall–Kier alpha value is -12.4. The second-order valence-corrected chi connectivity index (χ2v) is 20.2.